The number of rotatable bonds is 5. The number of hydrogen-bond acceptors (Lipinski definition) is 5. The molecule has 19 heavy (non-hydrogen) atoms. The topological polar surface area (TPSA) is 121 Å². The van der Waals surface area contributed by atoms with Crippen LogP contribution >= 0.6 is 0 Å². The highest BCUT2D eigenvalue weighted by Crippen LogP contribution is 2.19. The Morgan fingerprint density at radius 2 is 2.05 bits per heavy atom. The van der Waals surface area contributed by atoms with Crippen LogP contribution in [0.15, 0.2) is 41.4 Å². The minimum Gasteiger partial charge on any atom is -0.394 e. The first kappa shape index (κ1) is 13.5. The van der Waals surface area contributed by atoms with E-state index in [1.807, 2.05) is 0 Å². The number of nitrogens with one attached hydrogen (secondary N) is 2. The summed E-state index contributed by atoms with van der Waals surface area (Å²) >= 11 is 0. The van der Waals surface area contributed by atoms with Gasteiger partial charge in [-0.2, -0.15) is 5.10 Å². The van der Waals surface area contributed by atoms with Crippen LogP contribution in [0.25, 0.3) is 0 Å². The molecule has 0 spiro atoms. The highest BCUT2D eigenvalue weighted by atomic mass is 32.2. The van der Waals surface area contributed by atoms with Gasteiger partial charge in [0, 0.05) is 0 Å². The predicted molar refractivity (Wildman–Crippen MR) is 69.6 cm³/mol. The molecule has 0 radical (unpaired) electrons. The number of benzene rings is 1. The Morgan fingerprint density at radius 3 is 2.58 bits per heavy atom. The summed E-state index contributed by atoms with van der Waals surface area (Å²) in [4.78, 5) is -0.137. The number of aliphatic hydroxyl groups is 1. The first-order valence-corrected chi connectivity index (χ1v) is 7.00. The van der Waals surface area contributed by atoms with E-state index < -0.39 is 16.1 Å². The molecule has 7 nitrogen and oxygen atoms in total. The number of aromatic amines is 1. The lowest BCUT2D eigenvalue weighted by Gasteiger charge is -2.16. The highest BCUT2D eigenvalue weighted by Gasteiger charge is 2.24. The molecule has 0 saturated heterocycles. The van der Waals surface area contributed by atoms with Crippen molar-refractivity contribution in [2.45, 2.75) is 10.9 Å². The Labute approximate surface area is 110 Å². The van der Waals surface area contributed by atoms with E-state index in [4.69, 9.17) is 5.73 Å². The molecule has 0 unspecified atom stereocenters. The molecule has 8 heteroatoms. The third kappa shape index (κ3) is 2.92. The van der Waals surface area contributed by atoms with Gasteiger partial charge < -0.3 is 10.8 Å². The molecule has 2 aromatic rings. The molecule has 0 amide bonds. The number of sulfonamides is 1. The summed E-state index contributed by atoms with van der Waals surface area (Å²) in [6.45, 7) is -0.360. The number of aromatic nitrogens is 2. The average Bonchev–Trinajstić information content (AvgIpc) is 2.84. The summed E-state index contributed by atoms with van der Waals surface area (Å²) in [6, 6.07) is 8.04. The summed E-state index contributed by atoms with van der Waals surface area (Å²) in [6.07, 6.45) is 1.12. The van der Waals surface area contributed by atoms with Gasteiger partial charge in [-0.1, -0.05) is 30.3 Å². The second-order valence-corrected chi connectivity index (χ2v) is 5.60. The number of aliphatic hydroxyl groups excluding tert-OH is 1. The van der Waals surface area contributed by atoms with Gasteiger partial charge in [0.15, 0.2) is 0 Å². The van der Waals surface area contributed by atoms with E-state index in [1.54, 1.807) is 30.3 Å². The van der Waals surface area contributed by atoms with E-state index in [-0.39, 0.29) is 17.3 Å². The molecule has 0 aliphatic rings. The Bertz CT molecular complexity index is 639. The van der Waals surface area contributed by atoms with Gasteiger partial charge in [0.05, 0.1) is 18.8 Å². The fourth-order valence-corrected chi connectivity index (χ4v) is 2.88. The molecular weight excluding hydrogens is 268 g/mol. The molecule has 1 atom stereocenters. The second kappa shape index (κ2) is 5.39. The van der Waals surface area contributed by atoms with Crippen molar-refractivity contribution in [1.29, 1.82) is 0 Å². The standard InChI is InChI=1S/C11H14N4O3S/c12-11-10(6-13-14-11)19(17,18)15-9(7-16)8-4-2-1-3-5-8/h1-6,9,15-16H,7H2,(H3,12,13,14)/t9-/m0/s1. The fraction of sp³-hybridized carbons (Fsp3) is 0.182. The van der Waals surface area contributed by atoms with Crippen molar-refractivity contribution in [2.24, 2.45) is 0 Å². The maximum atomic E-state index is 12.1. The van der Waals surface area contributed by atoms with E-state index in [1.165, 1.54) is 0 Å². The van der Waals surface area contributed by atoms with Crippen LogP contribution in [0.5, 0.6) is 0 Å². The predicted octanol–water partition coefficient (Wildman–Crippen LogP) is 0.00380. The molecule has 102 valence electrons. The SMILES string of the molecule is Nc1[nH]ncc1S(=O)(=O)N[C@@H](CO)c1ccccc1. The quantitative estimate of drug-likeness (QED) is 0.615. The maximum absolute atomic E-state index is 12.1. The smallest absolute Gasteiger partial charge is 0.246 e. The average molecular weight is 282 g/mol. The molecule has 1 aromatic heterocycles. The summed E-state index contributed by atoms with van der Waals surface area (Å²) in [7, 11) is -3.84. The zero-order valence-corrected chi connectivity index (χ0v) is 10.8. The van der Waals surface area contributed by atoms with Gasteiger partial charge in [-0.15, -0.1) is 0 Å². The van der Waals surface area contributed by atoms with Gasteiger partial charge >= 0.3 is 0 Å². The number of nitrogens with zero attached hydrogens (tertiary/aromatic N) is 1. The van der Waals surface area contributed by atoms with Crippen LogP contribution in [0.1, 0.15) is 11.6 Å². The van der Waals surface area contributed by atoms with Crippen molar-refractivity contribution in [3.63, 3.8) is 0 Å². The molecular formula is C11H14N4O3S. The van der Waals surface area contributed by atoms with Crippen molar-refractivity contribution >= 4 is 15.8 Å². The largest absolute Gasteiger partial charge is 0.394 e. The Balaban J connectivity index is 2.27. The molecule has 0 bridgehead atoms. The highest BCUT2D eigenvalue weighted by molar-refractivity contribution is 7.89. The lowest BCUT2D eigenvalue weighted by molar-refractivity contribution is 0.259. The number of nitrogen functional groups attached to an aromatic ring is 1. The molecule has 0 aliphatic heterocycles. The van der Waals surface area contributed by atoms with Crippen molar-refractivity contribution in [3.05, 3.63) is 42.1 Å². The van der Waals surface area contributed by atoms with Gasteiger partial charge in [-0.25, -0.2) is 13.1 Å². The maximum Gasteiger partial charge on any atom is 0.246 e. The minimum atomic E-state index is -3.84. The normalized spacial score (nSPS) is 13.3. The first-order valence-electron chi connectivity index (χ1n) is 5.51. The second-order valence-electron chi connectivity index (χ2n) is 3.92. The molecule has 2 rings (SSSR count). The summed E-state index contributed by atoms with van der Waals surface area (Å²) < 4.78 is 26.6. The van der Waals surface area contributed by atoms with E-state index in [0.29, 0.717) is 5.56 Å². The molecule has 5 N–H and O–H groups in total. The number of H-pyrrole nitrogens is 1. The Morgan fingerprint density at radius 1 is 1.37 bits per heavy atom. The molecule has 0 saturated carbocycles. The van der Waals surface area contributed by atoms with Crippen molar-refractivity contribution in [1.82, 2.24) is 14.9 Å². The van der Waals surface area contributed by atoms with Crippen LogP contribution in [0, 0.1) is 0 Å². The van der Waals surface area contributed by atoms with Gasteiger partial charge in [0.2, 0.25) is 10.0 Å². The van der Waals surface area contributed by atoms with Crippen LogP contribution in [0.4, 0.5) is 5.82 Å². The van der Waals surface area contributed by atoms with Crippen LogP contribution in [0.2, 0.25) is 0 Å². The van der Waals surface area contributed by atoms with E-state index >= 15 is 0 Å². The van der Waals surface area contributed by atoms with Gasteiger partial charge in [-0.3, -0.25) is 5.10 Å². The Hall–Kier alpha value is -1.90. The Kier molecular flexibility index (Phi) is 3.84. The van der Waals surface area contributed by atoms with E-state index in [0.717, 1.165) is 6.20 Å². The summed E-state index contributed by atoms with van der Waals surface area (Å²) in [5.74, 6) is -0.0442. The van der Waals surface area contributed by atoms with Gasteiger partial charge in [-0.05, 0) is 5.56 Å². The van der Waals surface area contributed by atoms with Gasteiger partial charge in [0.25, 0.3) is 0 Å². The van der Waals surface area contributed by atoms with Crippen LogP contribution in [-0.2, 0) is 10.0 Å². The molecule has 1 heterocycles. The third-order valence-electron chi connectivity index (χ3n) is 2.60. The number of hydrogen-bond donors (Lipinski definition) is 4. The third-order valence-corrected chi connectivity index (χ3v) is 4.10. The molecule has 1 aromatic carbocycles. The zero-order chi connectivity index (χ0) is 13.9. The number of nitrogens with two attached hydrogens (primary N) is 1. The van der Waals surface area contributed by atoms with Crippen LogP contribution < -0.4 is 10.5 Å². The van der Waals surface area contributed by atoms with Crippen LogP contribution in [0.3, 0.4) is 0 Å². The monoisotopic (exact) mass is 282 g/mol. The van der Waals surface area contributed by atoms with Crippen molar-refractivity contribution in [2.75, 3.05) is 12.3 Å². The lowest BCUT2D eigenvalue weighted by atomic mass is 10.1. The lowest BCUT2D eigenvalue weighted by Crippen LogP contribution is -2.31. The molecule has 0 fully saturated rings. The summed E-state index contributed by atoms with van der Waals surface area (Å²) in [5.41, 5.74) is 6.15. The minimum absolute atomic E-state index is 0.0442. The van der Waals surface area contributed by atoms with Crippen molar-refractivity contribution < 1.29 is 13.5 Å². The van der Waals surface area contributed by atoms with Gasteiger partial charge in [0.1, 0.15) is 10.7 Å². The van der Waals surface area contributed by atoms with E-state index in [9.17, 15) is 13.5 Å². The summed E-state index contributed by atoms with van der Waals surface area (Å²) in [5, 5.41) is 15.2. The fourth-order valence-electron chi connectivity index (χ4n) is 1.65. The molecule has 0 aliphatic carbocycles. The first-order chi connectivity index (χ1) is 9.04. The zero-order valence-electron chi connectivity index (χ0n) is 9.95. The van der Waals surface area contributed by atoms with E-state index in [2.05, 4.69) is 14.9 Å². The number of anilines is 1. The van der Waals surface area contributed by atoms with Crippen molar-refractivity contribution in [3.8, 4) is 0 Å². The van der Waals surface area contributed by atoms with Crippen LogP contribution in [-0.4, -0.2) is 30.3 Å².